The molecule has 0 bridgehead atoms. The van der Waals surface area contributed by atoms with E-state index in [0.29, 0.717) is 5.88 Å². The summed E-state index contributed by atoms with van der Waals surface area (Å²) < 4.78 is 10.6. The Labute approximate surface area is 108 Å². The molecule has 0 amide bonds. The van der Waals surface area contributed by atoms with Crippen molar-refractivity contribution < 1.29 is 9.47 Å². The van der Waals surface area contributed by atoms with E-state index in [9.17, 15) is 0 Å². The van der Waals surface area contributed by atoms with E-state index in [-0.39, 0.29) is 0 Å². The molecule has 0 heterocycles. The average molecular weight is 258 g/mol. The van der Waals surface area contributed by atoms with E-state index in [1.54, 1.807) is 14.2 Å². The predicted octanol–water partition coefficient (Wildman–Crippen LogP) is 2.68. The van der Waals surface area contributed by atoms with Crippen molar-refractivity contribution in [1.29, 1.82) is 0 Å². The molecule has 1 aromatic carbocycles. The third-order valence-corrected chi connectivity index (χ3v) is 2.92. The van der Waals surface area contributed by atoms with Crippen molar-refractivity contribution in [3.63, 3.8) is 0 Å². The molecule has 0 spiro atoms. The Balaban J connectivity index is 2.97. The fourth-order valence-electron chi connectivity index (χ4n) is 1.75. The molecule has 0 aromatic heterocycles. The molecule has 0 N–H and O–H groups in total. The Morgan fingerprint density at radius 3 is 2.47 bits per heavy atom. The molecule has 3 nitrogen and oxygen atoms in total. The van der Waals surface area contributed by atoms with Gasteiger partial charge in [0.15, 0.2) is 0 Å². The van der Waals surface area contributed by atoms with E-state index in [1.165, 1.54) is 11.1 Å². The first-order valence-corrected chi connectivity index (χ1v) is 6.11. The molecule has 0 radical (unpaired) electrons. The van der Waals surface area contributed by atoms with Crippen LogP contribution in [-0.2, 0) is 6.54 Å². The molecule has 17 heavy (non-hydrogen) atoms. The lowest BCUT2D eigenvalue weighted by Crippen LogP contribution is -2.21. The van der Waals surface area contributed by atoms with Crippen LogP contribution >= 0.6 is 11.6 Å². The Hall–Kier alpha value is -0.930. The molecule has 0 aliphatic rings. The normalized spacial score (nSPS) is 10.7. The van der Waals surface area contributed by atoms with E-state index in [2.05, 4.69) is 11.8 Å². The Morgan fingerprint density at radius 1 is 1.24 bits per heavy atom. The standard InChI is InChI=1S/C13H20ClNO2/c1-10-7-11(16-3)8-13(17-4)12(10)9-15(2)6-5-14/h7-8H,5-6,9H2,1-4H3. The number of methoxy groups -OCH3 is 2. The van der Waals surface area contributed by atoms with E-state index in [1.807, 2.05) is 19.2 Å². The second-order valence-electron chi connectivity index (χ2n) is 4.05. The number of nitrogens with zero attached hydrogens (tertiary/aromatic N) is 1. The van der Waals surface area contributed by atoms with Crippen LogP contribution in [0, 0.1) is 6.92 Å². The van der Waals surface area contributed by atoms with Crippen molar-refractivity contribution >= 4 is 11.6 Å². The van der Waals surface area contributed by atoms with Gasteiger partial charge in [-0.15, -0.1) is 11.6 Å². The van der Waals surface area contributed by atoms with Crippen molar-refractivity contribution in [3.8, 4) is 11.5 Å². The Bertz CT molecular complexity index is 369. The molecule has 4 heteroatoms. The molecule has 96 valence electrons. The predicted molar refractivity (Wildman–Crippen MR) is 71.3 cm³/mol. The monoisotopic (exact) mass is 257 g/mol. The summed E-state index contributed by atoms with van der Waals surface area (Å²) in [5.74, 6) is 2.32. The van der Waals surface area contributed by atoms with Gasteiger partial charge in [0.2, 0.25) is 0 Å². The van der Waals surface area contributed by atoms with Gasteiger partial charge < -0.3 is 14.4 Å². The van der Waals surface area contributed by atoms with Crippen LogP contribution in [0.3, 0.4) is 0 Å². The zero-order valence-electron chi connectivity index (χ0n) is 10.9. The third-order valence-electron chi connectivity index (χ3n) is 2.76. The van der Waals surface area contributed by atoms with Crippen LogP contribution in [0.15, 0.2) is 12.1 Å². The number of ether oxygens (including phenoxy) is 2. The number of rotatable bonds is 6. The largest absolute Gasteiger partial charge is 0.497 e. The van der Waals surface area contributed by atoms with Crippen molar-refractivity contribution in [1.82, 2.24) is 4.90 Å². The molecule has 0 fully saturated rings. The fraction of sp³-hybridized carbons (Fsp3) is 0.538. The summed E-state index contributed by atoms with van der Waals surface area (Å²) in [6.07, 6.45) is 0. The highest BCUT2D eigenvalue weighted by molar-refractivity contribution is 6.18. The van der Waals surface area contributed by atoms with Crippen molar-refractivity contribution in [2.75, 3.05) is 33.7 Å². The van der Waals surface area contributed by atoms with E-state index < -0.39 is 0 Å². The first kappa shape index (κ1) is 14.1. The summed E-state index contributed by atoms with van der Waals surface area (Å²) in [5.41, 5.74) is 2.35. The summed E-state index contributed by atoms with van der Waals surface area (Å²) in [7, 11) is 5.39. The lowest BCUT2D eigenvalue weighted by Gasteiger charge is -2.19. The van der Waals surface area contributed by atoms with Gasteiger partial charge in [-0.25, -0.2) is 0 Å². The van der Waals surface area contributed by atoms with Crippen molar-refractivity contribution in [2.45, 2.75) is 13.5 Å². The van der Waals surface area contributed by atoms with Gasteiger partial charge in [-0.05, 0) is 25.6 Å². The topological polar surface area (TPSA) is 21.7 Å². The zero-order chi connectivity index (χ0) is 12.8. The van der Waals surface area contributed by atoms with Gasteiger partial charge >= 0.3 is 0 Å². The minimum absolute atomic E-state index is 0.633. The van der Waals surface area contributed by atoms with Gasteiger partial charge in [0.1, 0.15) is 11.5 Å². The van der Waals surface area contributed by atoms with Gasteiger partial charge in [0.25, 0.3) is 0 Å². The van der Waals surface area contributed by atoms with E-state index in [4.69, 9.17) is 21.1 Å². The number of aryl methyl sites for hydroxylation is 1. The number of hydrogen-bond acceptors (Lipinski definition) is 3. The summed E-state index contributed by atoms with van der Waals surface area (Å²) in [6, 6.07) is 3.93. The highest BCUT2D eigenvalue weighted by Crippen LogP contribution is 2.29. The quantitative estimate of drug-likeness (QED) is 0.732. The van der Waals surface area contributed by atoms with Crippen LogP contribution in [-0.4, -0.2) is 38.6 Å². The lowest BCUT2D eigenvalue weighted by molar-refractivity contribution is 0.332. The van der Waals surface area contributed by atoms with Gasteiger partial charge in [-0.2, -0.15) is 0 Å². The highest BCUT2D eigenvalue weighted by Gasteiger charge is 2.11. The van der Waals surface area contributed by atoms with Gasteiger partial charge in [0.05, 0.1) is 14.2 Å². The molecule has 0 unspecified atom stereocenters. The van der Waals surface area contributed by atoms with Crippen molar-refractivity contribution in [2.24, 2.45) is 0 Å². The summed E-state index contributed by atoms with van der Waals surface area (Å²) in [4.78, 5) is 2.17. The average Bonchev–Trinajstić information content (AvgIpc) is 2.31. The molecule has 0 saturated carbocycles. The van der Waals surface area contributed by atoms with E-state index >= 15 is 0 Å². The molecule has 0 aliphatic carbocycles. The van der Waals surface area contributed by atoms with Gasteiger partial charge in [-0.3, -0.25) is 0 Å². The maximum Gasteiger partial charge on any atom is 0.127 e. The molecule has 0 aliphatic heterocycles. The first-order chi connectivity index (χ1) is 8.12. The molecule has 0 saturated heterocycles. The van der Waals surface area contributed by atoms with Crippen LogP contribution in [0.5, 0.6) is 11.5 Å². The van der Waals surface area contributed by atoms with Gasteiger partial charge in [-0.1, -0.05) is 0 Å². The summed E-state index contributed by atoms with van der Waals surface area (Å²) >= 11 is 5.73. The number of halogens is 1. The Morgan fingerprint density at radius 2 is 1.94 bits per heavy atom. The minimum atomic E-state index is 0.633. The molecule has 0 atom stereocenters. The van der Waals surface area contributed by atoms with Crippen LogP contribution < -0.4 is 9.47 Å². The summed E-state index contributed by atoms with van der Waals surface area (Å²) in [6.45, 7) is 3.75. The Kier molecular flexibility index (Phi) is 5.59. The van der Waals surface area contributed by atoms with E-state index in [0.717, 1.165) is 24.6 Å². The lowest BCUT2D eigenvalue weighted by atomic mass is 10.1. The maximum atomic E-state index is 5.73. The molecule has 1 rings (SSSR count). The van der Waals surface area contributed by atoms with Crippen LogP contribution in [0.4, 0.5) is 0 Å². The zero-order valence-corrected chi connectivity index (χ0v) is 11.7. The maximum absolute atomic E-state index is 5.73. The van der Waals surface area contributed by atoms with Crippen LogP contribution in [0.1, 0.15) is 11.1 Å². The second-order valence-corrected chi connectivity index (χ2v) is 4.43. The smallest absolute Gasteiger partial charge is 0.127 e. The van der Waals surface area contributed by atoms with Crippen molar-refractivity contribution in [3.05, 3.63) is 23.3 Å². The van der Waals surface area contributed by atoms with Gasteiger partial charge in [0, 0.05) is 30.6 Å². The minimum Gasteiger partial charge on any atom is -0.497 e. The van der Waals surface area contributed by atoms with Crippen LogP contribution in [0.25, 0.3) is 0 Å². The third kappa shape index (κ3) is 3.79. The first-order valence-electron chi connectivity index (χ1n) is 5.58. The number of hydrogen-bond donors (Lipinski definition) is 0. The second kappa shape index (κ2) is 6.72. The number of alkyl halides is 1. The van der Waals surface area contributed by atoms with Crippen LogP contribution in [0.2, 0.25) is 0 Å². The molecule has 1 aromatic rings. The highest BCUT2D eigenvalue weighted by atomic mass is 35.5. The molecular weight excluding hydrogens is 238 g/mol. The summed E-state index contributed by atoms with van der Waals surface area (Å²) in [5, 5.41) is 0. The number of benzene rings is 1. The molecular formula is C13H20ClNO2. The SMILES string of the molecule is COc1cc(C)c(CN(C)CCCl)c(OC)c1. The fourth-order valence-corrected chi connectivity index (χ4v) is 2.04.